The maximum atomic E-state index is 11.6. The number of rotatable bonds is 5. The fourth-order valence-electron chi connectivity index (χ4n) is 0.864. The summed E-state index contributed by atoms with van der Waals surface area (Å²) in [5.74, 6) is -0.320. The first kappa shape index (κ1) is 15.1. The van der Waals surface area contributed by atoms with Gasteiger partial charge in [-0.2, -0.15) is 4.31 Å². The second kappa shape index (κ2) is 4.97. The second-order valence-electron chi connectivity index (χ2n) is 3.37. The SMILES string of the molecule is CC(C(N)=NO)N(C)S(=O)(=O)CS(C)(=O)=O. The lowest BCUT2D eigenvalue weighted by Gasteiger charge is -2.22. The van der Waals surface area contributed by atoms with Crippen molar-refractivity contribution in [2.24, 2.45) is 10.9 Å². The maximum absolute atomic E-state index is 11.6. The third-order valence-corrected chi connectivity index (χ3v) is 5.99. The molecule has 0 aliphatic carbocycles. The van der Waals surface area contributed by atoms with Crippen molar-refractivity contribution >= 4 is 25.7 Å². The summed E-state index contributed by atoms with van der Waals surface area (Å²) in [5.41, 5.74) is 5.22. The fraction of sp³-hybridized carbons (Fsp3) is 0.833. The van der Waals surface area contributed by atoms with Crippen LogP contribution in [0.2, 0.25) is 0 Å². The Morgan fingerprint density at radius 3 is 2.19 bits per heavy atom. The van der Waals surface area contributed by atoms with Gasteiger partial charge in [0.2, 0.25) is 10.0 Å². The van der Waals surface area contributed by atoms with Gasteiger partial charge in [-0.3, -0.25) is 0 Å². The van der Waals surface area contributed by atoms with Crippen molar-refractivity contribution in [1.82, 2.24) is 4.31 Å². The van der Waals surface area contributed by atoms with Gasteiger partial charge >= 0.3 is 0 Å². The average molecular weight is 273 g/mol. The highest BCUT2D eigenvalue weighted by Crippen LogP contribution is 2.07. The molecule has 0 bridgehead atoms. The lowest BCUT2D eigenvalue weighted by atomic mass is 10.3. The molecule has 0 aliphatic heterocycles. The molecule has 0 rings (SSSR count). The molecule has 8 nitrogen and oxygen atoms in total. The van der Waals surface area contributed by atoms with Gasteiger partial charge in [0.15, 0.2) is 20.8 Å². The van der Waals surface area contributed by atoms with Crippen molar-refractivity contribution in [3.8, 4) is 0 Å². The average Bonchev–Trinajstić information content (AvgIpc) is 2.10. The number of nitrogens with zero attached hydrogens (tertiary/aromatic N) is 2. The summed E-state index contributed by atoms with van der Waals surface area (Å²) in [5, 5.41) is 10.0. The molecule has 0 aromatic rings. The van der Waals surface area contributed by atoms with E-state index in [1.54, 1.807) is 0 Å². The molecule has 16 heavy (non-hydrogen) atoms. The molecule has 96 valence electrons. The zero-order valence-corrected chi connectivity index (χ0v) is 10.8. The minimum atomic E-state index is -4.00. The third-order valence-electron chi connectivity index (χ3n) is 1.89. The number of oxime groups is 1. The number of amidine groups is 1. The summed E-state index contributed by atoms with van der Waals surface area (Å²) in [6.45, 7) is 1.37. The quantitative estimate of drug-likeness (QED) is 0.268. The summed E-state index contributed by atoms with van der Waals surface area (Å²) in [6.07, 6.45) is 0.812. The molecule has 0 aromatic carbocycles. The number of likely N-dealkylation sites (N-methyl/N-ethyl adjacent to an activating group) is 1. The van der Waals surface area contributed by atoms with Gasteiger partial charge < -0.3 is 10.9 Å². The Morgan fingerprint density at radius 1 is 1.44 bits per heavy atom. The van der Waals surface area contributed by atoms with Crippen LogP contribution < -0.4 is 5.73 Å². The molecule has 0 saturated heterocycles. The number of hydrogen-bond donors (Lipinski definition) is 2. The van der Waals surface area contributed by atoms with E-state index in [2.05, 4.69) is 5.16 Å². The molecule has 0 aromatic heterocycles. The zero-order chi connectivity index (χ0) is 13.1. The smallest absolute Gasteiger partial charge is 0.228 e. The lowest BCUT2D eigenvalue weighted by molar-refractivity contribution is 0.311. The second-order valence-corrected chi connectivity index (χ2v) is 7.91. The summed E-state index contributed by atoms with van der Waals surface area (Å²) >= 11 is 0. The summed E-state index contributed by atoms with van der Waals surface area (Å²) < 4.78 is 45.7. The van der Waals surface area contributed by atoms with E-state index in [1.165, 1.54) is 6.92 Å². The predicted molar refractivity (Wildman–Crippen MR) is 59.3 cm³/mol. The van der Waals surface area contributed by atoms with Crippen LogP contribution in [0, 0.1) is 0 Å². The van der Waals surface area contributed by atoms with E-state index in [0.717, 1.165) is 17.6 Å². The number of sulfonamides is 1. The summed E-state index contributed by atoms with van der Waals surface area (Å²) in [6, 6.07) is -0.920. The van der Waals surface area contributed by atoms with Crippen molar-refractivity contribution in [3.63, 3.8) is 0 Å². The summed E-state index contributed by atoms with van der Waals surface area (Å²) in [4.78, 5) is 0. The Labute approximate surface area is 94.7 Å². The van der Waals surface area contributed by atoms with Crippen LogP contribution in [0.15, 0.2) is 5.16 Å². The number of nitrogens with two attached hydrogens (primary N) is 1. The standard InChI is InChI=1S/C6H15N3O5S2/c1-5(6(7)8-10)9(2)16(13,14)4-15(3,11)12/h5,10H,4H2,1-3H3,(H2,7,8). The van der Waals surface area contributed by atoms with E-state index in [1.807, 2.05) is 0 Å². The van der Waals surface area contributed by atoms with Gasteiger partial charge in [-0.1, -0.05) is 5.16 Å². The Hall–Kier alpha value is -0.870. The molecule has 0 saturated carbocycles. The monoisotopic (exact) mass is 273 g/mol. The van der Waals surface area contributed by atoms with Crippen LogP contribution >= 0.6 is 0 Å². The van der Waals surface area contributed by atoms with Crippen LogP contribution in [0.3, 0.4) is 0 Å². The van der Waals surface area contributed by atoms with Gasteiger partial charge in [-0.15, -0.1) is 0 Å². The first-order valence-electron chi connectivity index (χ1n) is 4.12. The molecule has 0 amide bonds. The zero-order valence-electron chi connectivity index (χ0n) is 9.15. The van der Waals surface area contributed by atoms with Crippen LogP contribution in [-0.4, -0.2) is 56.6 Å². The van der Waals surface area contributed by atoms with Crippen molar-refractivity contribution in [3.05, 3.63) is 0 Å². The fourth-order valence-corrected chi connectivity index (χ4v) is 4.28. The van der Waals surface area contributed by atoms with Crippen molar-refractivity contribution in [2.75, 3.05) is 18.4 Å². The first-order valence-corrected chi connectivity index (χ1v) is 7.79. The van der Waals surface area contributed by atoms with E-state index in [0.29, 0.717) is 0 Å². The topological polar surface area (TPSA) is 130 Å². The van der Waals surface area contributed by atoms with Crippen molar-refractivity contribution in [2.45, 2.75) is 13.0 Å². The third kappa shape index (κ3) is 4.33. The van der Waals surface area contributed by atoms with Gasteiger partial charge in [0.1, 0.15) is 0 Å². The highest BCUT2D eigenvalue weighted by atomic mass is 32.3. The van der Waals surface area contributed by atoms with E-state index in [4.69, 9.17) is 10.9 Å². The summed E-state index contributed by atoms with van der Waals surface area (Å²) in [7, 11) is -6.51. The van der Waals surface area contributed by atoms with Crippen LogP contribution in [0.4, 0.5) is 0 Å². The van der Waals surface area contributed by atoms with Gasteiger partial charge in [0.25, 0.3) is 0 Å². The molecule has 1 atom stereocenters. The van der Waals surface area contributed by atoms with Gasteiger partial charge in [-0.05, 0) is 6.92 Å². The molecule has 0 aliphatic rings. The molecule has 10 heteroatoms. The van der Waals surface area contributed by atoms with E-state index < -0.39 is 31.0 Å². The molecular weight excluding hydrogens is 258 g/mol. The Morgan fingerprint density at radius 2 is 1.88 bits per heavy atom. The minimum Gasteiger partial charge on any atom is -0.409 e. The molecule has 3 N–H and O–H groups in total. The Bertz CT molecular complexity index is 466. The molecule has 0 radical (unpaired) electrons. The first-order chi connectivity index (χ1) is 7.01. The van der Waals surface area contributed by atoms with E-state index in [9.17, 15) is 16.8 Å². The molecular formula is C6H15N3O5S2. The largest absolute Gasteiger partial charge is 0.409 e. The normalized spacial score (nSPS) is 16.4. The van der Waals surface area contributed by atoms with E-state index >= 15 is 0 Å². The lowest BCUT2D eigenvalue weighted by Crippen LogP contribution is -2.45. The number of sulfone groups is 1. The highest BCUT2D eigenvalue weighted by Gasteiger charge is 2.29. The molecule has 0 heterocycles. The van der Waals surface area contributed by atoms with Gasteiger partial charge in [-0.25, -0.2) is 16.8 Å². The van der Waals surface area contributed by atoms with Crippen molar-refractivity contribution in [1.29, 1.82) is 0 Å². The van der Waals surface area contributed by atoms with Crippen LogP contribution in [0.1, 0.15) is 6.92 Å². The minimum absolute atomic E-state index is 0.320. The van der Waals surface area contributed by atoms with Crippen LogP contribution in [-0.2, 0) is 19.9 Å². The predicted octanol–water partition coefficient (Wildman–Crippen LogP) is -1.61. The van der Waals surface area contributed by atoms with Crippen molar-refractivity contribution < 1.29 is 22.0 Å². The molecule has 0 spiro atoms. The van der Waals surface area contributed by atoms with E-state index in [-0.39, 0.29) is 5.84 Å². The Kier molecular flexibility index (Phi) is 4.70. The van der Waals surface area contributed by atoms with Crippen LogP contribution in [0.25, 0.3) is 0 Å². The molecule has 0 fully saturated rings. The highest BCUT2D eigenvalue weighted by molar-refractivity contribution is 8.06. The molecule has 1 unspecified atom stereocenters. The number of hydrogen-bond acceptors (Lipinski definition) is 6. The van der Waals surface area contributed by atoms with Gasteiger partial charge in [0, 0.05) is 13.3 Å². The van der Waals surface area contributed by atoms with Crippen LogP contribution in [0.5, 0.6) is 0 Å². The van der Waals surface area contributed by atoms with Gasteiger partial charge in [0.05, 0.1) is 6.04 Å². The maximum Gasteiger partial charge on any atom is 0.228 e. The Balaban J connectivity index is 5.07.